The Labute approximate surface area is 107 Å². The van der Waals surface area contributed by atoms with E-state index < -0.39 is 5.82 Å². The van der Waals surface area contributed by atoms with Gasteiger partial charge in [0, 0.05) is 16.7 Å². The van der Waals surface area contributed by atoms with Crippen molar-refractivity contribution in [3.63, 3.8) is 0 Å². The highest BCUT2D eigenvalue weighted by Gasteiger charge is 2.08. The van der Waals surface area contributed by atoms with E-state index in [0.29, 0.717) is 15.5 Å². The molecule has 18 heavy (non-hydrogen) atoms. The number of rotatable bonds is 3. The van der Waals surface area contributed by atoms with Crippen molar-refractivity contribution >= 4 is 17.6 Å². The first-order valence-corrected chi connectivity index (χ1v) is 5.88. The van der Waals surface area contributed by atoms with Crippen molar-refractivity contribution in [2.24, 2.45) is 10.9 Å². The standard InChI is InChI=1S/C12H10FN3OS/c13-9-7-8(12(14)16-17)4-5-10(9)18-11-3-1-2-6-15-11/h1-7,17H,(H2,14,16). The minimum Gasteiger partial charge on any atom is -0.409 e. The Kier molecular flexibility index (Phi) is 3.78. The molecule has 1 aromatic heterocycles. The monoisotopic (exact) mass is 263 g/mol. The molecule has 6 heteroatoms. The SMILES string of the molecule is N/C(=N\O)c1ccc(Sc2ccccn2)c(F)c1. The third kappa shape index (κ3) is 2.78. The van der Waals surface area contributed by atoms with Crippen molar-refractivity contribution < 1.29 is 9.60 Å². The van der Waals surface area contributed by atoms with Crippen molar-refractivity contribution in [3.8, 4) is 0 Å². The molecular formula is C12H10FN3OS. The van der Waals surface area contributed by atoms with Gasteiger partial charge in [-0.3, -0.25) is 0 Å². The Balaban J connectivity index is 2.26. The number of hydrogen-bond acceptors (Lipinski definition) is 4. The summed E-state index contributed by atoms with van der Waals surface area (Å²) in [5.41, 5.74) is 5.71. The zero-order valence-corrected chi connectivity index (χ0v) is 10.1. The summed E-state index contributed by atoms with van der Waals surface area (Å²) in [4.78, 5) is 4.53. The average molecular weight is 263 g/mol. The van der Waals surface area contributed by atoms with E-state index in [9.17, 15) is 4.39 Å². The van der Waals surface area contributed by atoms with Crippen LogP contribution in [0.4, 0.5) is 4.39 Å². The Morgan fingerprint density at radius 1 is 1.33 bits per heavy atom. The number of aromatic nitrogens is 1. The second-order valence-electron chi connectivity index (χ2n) is 3.40. The van der Waals surface area contributed by atoms with Crippen LogP contribution < -0.4 is 5.73 Å². The molecule has 0 radical (unpaired) electrons. The minimum atomic E-state index is -0.435. The average Bonchev–Trinajstić information content (AvgIpc) is 2.41. The zero-order chi connectivity index (χ0) is 13.0. The quantitative estimate of drug-likeness (QED) is 0.386. The maximum atomic E-state index is 13.8. The molecule has 2 rings (SSSR count). The van der Waals surface area contributed by atoms with Gasteiger partial charge in [0.25, 0.3) is 0 Å². The highest BCUT2D eigenvalue weighted by atomic mass is 32.2. The lowest BCUT2D eigenvalue weighted by atomic mass is 10.2. The molecule has 3 N–H and O–H groups in total. The smallest absolute Gasteiger partial charge is 0.170 e. The molecule has 0 fully saturated rings. The maximum absolute atomic E-state index is 13.8. The first kappa shape index (κ1) is 12.4. The van der Waals surface area contributed by atoms with Gasteiger partial charge >= 0.3 is 0 Å². The number of nitrogens with zero attached hydrogens (tertiary/aromatic N) is 2. The van der Waals surface area contributed by atoms with Gasteiger partial charge in [-0.15, -0.1) is 0 Å². The van der Waals surface area contributed by atoms with E-state index in [2.05, 4.69) is 10.1 Å². The molecule has 1 aromatic carbocycles. The topological polar surface area (TPSA) is 71.5 Å². The van der Waals surface area contributed by atoms with Crippen LogP contribution in [0.3, 0.4) is 0 Å². The van der Waals surface area contributed by atoms with Crippen LogP contribution in [0.1, 0.15) is 5.56 Å². The molecule has 0 atom stereocenters. The number of benzene rings is 1. The van der Waals surface area contributed by atoms with E-state index >= 15 is 0 Å². The summed E-state index contributed by atoms with van der Waals surface area (Å²) in [5, 5.41) is 12.0. The molecule has 0 bridgehead atoms. The lowest BCUT2D eigenvalue weighted by molar-refractivity contribution is 0.318. The predicted octanol–water partition coefficient (Wildman–Crippen LogP) is 2.47. The van der Waals surface area contributed by atoms with Crippen LogP contribution in [0.5, 0.6) is 0 Å². The lowest BCUT2D eigenvalue weighted by Crippen LogP contribution is -2.13. The molecule has 0 spiro atoms. The van der Waals surface area contributed by atoms with Gasteiger partial charge in [0.2, 0.25) is 0 Å². The Morgan fingerprint density at radius 3 is 2.78 bits per heavy atom. The fraction of sp³-hybridized carbons (Fsp3) is 0. The molecule has 0 saturated heterocycles. The molecular weight excluding hydrogens is 253 g/mol. The highest BCUT2D eigenvalue weighted by Crippen LogP contribution is 2.28. The molecule has 0 aliphatic heterocycles. The van der Waals surface area contributed by atoms with E-state index in [1.807, 2.05) is 6.07 Å². The molecule has 0 aliphatic carbocycles. The summed E-state index contributed by atoms with van der Waals surface area (Å²) in [6.45, 7) is 0. The van der Waals surface area contributed by atoms with Crippen LogP contribution in [-0.2, 0) is 0 Å². The summed E-state index contributed by atoms with van der Waals surface area (Å²) in [7, 11) is 0. The van der Waals surface area contributed by atoms with Crippen LogP contribution in [0.2, 0.25) is 0 Å². The Hall–Kier alpha value is -2.08. The van der Waals surface area contributed by atoms with E-state index in [4.69, 9.17) is 10.9 Å². The second kappa shape index (κ2) is 5.50. The van der Waals surface area contributed by atoms with E-state index in [0.717, 1.165) is 0 Å². The zero-order valence-electron chi connectivity index (χ0n) is 9.25. The Morgan fingerprint density at radius 2 is 2.17 bits per heavy atom. The van der Waals surface area contributed by atoms with Gasteiger partial charge in [0.05, 0.1) is 0 Å². The van der Waals surface area contributed by atoms with Gasteiger partial charge in [-0.25, -0.2) is 9.37 Å². The first-order valence-electron chi connectivity index (χ1n) is 5.07. The van der Waals surface area contributed by atoms with Crippen molar-refractivity contribution in [2.75, 3.05) is 0 Å². The van der Waals surface area contributed by atoms with E-state index in [-0.39, 0.29) is 5.84 Å². The molecule has 2 aromatic rings. The van der Waals surface area contributed by atoms with Gasteiger partial charge in [-0.1, -0.05) is 23.0 Å². The van der Waals surface area contributed by atoms with Gasteiger partial charge in [-0.2, -0.15) is 0 Å². The van der Waals surface area contributed by atoms with Gasteiger partial charge < -0.3 is 10.9 Å². The number of nitrogens with two attached hydrogens (primary N) is 1. The minimum absolute atomic E-state index is 0.122. The predicted molar refractivity (Wildman–Crippen MR) is 67.3 cm³/mol. The van der Waals surface area contributed by atoms with Crippen LogP contribution >= 0.6 is 11.8 Å². The molecule has 0 saturated carbocycles. The number of oxime groups is 1. The fourth-order valence-corrected chi connectivity index (χ4v) is 2.10. The van der Waals surface area contributed by atoms with Crippen molar-refractivity contribution in [2.45, 2.75) is 9.92 Å². The van der Waals surface area contributed by atoms with Crippen LogP contribution in [0, 0.1) is 5.82 Å². The molecule has 0 amide bonds. The van der Waals surface area contributed by atoms with Crippen LogP contribution in [-0.4, -0.2) is 16.0 Å². The van der Waals surface area contributed by atoms with Gasteiger partial charge in [0.15, 0.2) is 5.84 Å². The van der Waals surface area contributed by atoms with Gasteiger partial charge in [0.1, 0.15) is 10.8 Å². The largest absolute Gasteiger partial charge is 0.409 e. The highest BCUT2D eigenvalue weighted by molar-refractivity contribution is 7.99. The third-order valence-electron chi connectivity index (χ3n) is 2.19. The van der Waals surface area contributed by atoms with Crippen molar-refractivity contribution in [1.82, 2.24) is 4.98 Å². The Bertz CT molecular complexity index is 575. The van der Waals surface area contributed by atoms with E-state index in [1.54, 1.807) is 30.5 Å². The van der Waals surface area contributed by atoms with Crippen molar-refractivity contribution in [1.29, 1.82) is 0 Å². The van der Waals surface area contributed by atoms with Crippen LogP contribution in [0.15, 0.2) is 57.7 Å². The molecule has 92 valence electrons. The molecule has 0 aliphatic rings. The van der Waals surface area contributed by atoms with Crippen LogP contribution in [0.25, 0.3) is 0 Å². The van der Waals surface area contributed by atoms with Crippen molar-refractivity contribution in [3.05, 3.63) is 54.0 Å². The summed E-state index contributed by atoms with van der Waals surface area (Å²) in [6, 6.07) is 9.80. The summed E-state index contributed by atoms with van der Waals surface area (Å²) in [5.74, 6) is -0.557. The first-order chi connectivity index (χ1) is 8.70. The summed E-state index contributed by atoms with van der Waals surface area (Å²) in [6.07, 6.45) is 1.64. The normalized spacial score (nSPS) is 11.5. The van der Waals surface area contributed by atoms with E-state index in [1.165, 1.54) is 17.8 Å². The number of amidine groups is 1. The number of pyridine rings is 1. The maximum Gasteiger partial charge on any atom is 0.170 e. The third-order valence-corrected chi connectivity index (χ3v) is 3.19. The number of halogens is 1. The molecule has 0 unspecified atom stereocenters. The summed E-state index contributed by atoms with van der Waals surface area (Å²) >= 11 is 1.21. The lowest BCUT2D eigenvalue weighted by Gasteiger charge is -2.04. The molecule has 1 heterocycles. The molecule has 4 nitrogen and oxygen atoms in total. The second-order valence-corrected chi connectivity index (χ2v) is 4.46. The fourth-order valence-electron chi connectivity index (χ4n) is 1.32. The number of hydrogen-bond donors (Lipinski definition) is 2. The van der Waals surface area contributed by atoms with Gasteiger partial charge in [-0.05, 0) is 30.3 Å². The summed E-state index contributed by atoms with van der Waals surface area (Å²) < 4.78 is 13.8.